The maximum Gasteiger partial charge on any atom is 0.137 e. The van der Waals surface area contributed by atoms with E-state index in [1.807, 2.05) is 12.1 Å². The Balaban J connectivity index is 1.91. The van der Waals surface area contributed by atoms with Crippen LogP contribution in [0, 0.1) is 11.7 Å². The van der Waals surface area contributed by atoms with Gasteiger partial charge in [0, 0.05) is 10.6 Å². The van der Waals surface area contributed by atoms with Crippen molar-refractivity contribution in [2.75, 3.05) is 12.3 Å². The fourth-order valence-corrected chi connectivity index (χ4v) is 3.48. The number of hydrogen-bond acceptors (Lipinski definition) is 2. The van der Waals surface area contributed by atoms with Crippen LogP contribution in [0.15, 0.2) is 23.1 Å². The molecule has 0 bridgehead atoms. The number of halogens is 1. The zero-order valence-electron chi connectivity index (χ0n) is 10.1. The van der Waals surface area contributed by atoms with Gasteiger partial charge in [0.1, 0.15) is 5.82 Å². The molecular formula is C14H20FNS. The third-order valence-corrected chi connectivity index (χ3v) is 4.66. The van der Waals surface area contributed by atoms with Crippen molar-refractivity contribution >= 4 is 11.8 Å². The lowest BCUT2D eigenvalue weighted by Gasteiger charge is -2.09. The second kappa shape index (κ2) is 6.41. The lowest BCUT2D eigenvalue weighted by atomic mass is 10.1. The highest BCUT2D eigenvalue weighted by molar-refractivity contribution is 7.99. The van der Waals surface area contributed by atoms with E-state index in [2.05, 4.69) is 0 Å². The molecule has 0 aromatic heterocycles. The Labute approximate surface area is 107 Å². The zero-order chi connectivity index (χ0) is 12.1. The van der Waals surface area contributed by atoms with Crippen LogP contribution in [-0.2, 0) is 6.42 Å². The Morgan fingerprint density at radius 3 is 2.71 bits per heavy atom. The Morgan fingerprint density at radius 1 is 1.29 bits per heavy atom. The Kier molecular flexibility index (Phi) is 4.86. The molecule has 3 heteroatoms. The van der Waals surface area contributed by atoms with E-state index in [-0.39, 0.29) is 5.82 Å². The molecule has 2 rings (SSSR count). The molecule has 0 saturated heterocycles. The predicted molar refractivity (Wildman–Crippen MR) is 71.8 cm³/mol. The van der Waals surface area contributed by atoms with E-state index < -0.39 is 0 Å². The van der Waals surface area contributed by atoms with Gasteiger partial charge in [0.05, 0.1) is 0 Å². The number of rotatable bonds is 5. The molecule has 0 aliphatic heterocycles. The molecule has 1 aromatic carbocycles. The van der Waals surface area contributed by atoms with Crippen molar-refractivity contribution in [2.24, 2.45) is 11.7 Å². The van der Waals surface area contributed by atoms with E-state index in [1.54, 1.807) is 17.8 Å². The summed E-state index contributed by atoms with van der Waals surface area (Å²) in [6.45, 7) is 0.577. The summed E-state index contributed by atoms with van der Waals surface area (Å²) in [4.78, 5) is 0.790. The lowest BCUT2D eigenvalue weighted by Crippen LogP contribution is -2.03. The summed E-state index contributed by atoms with van der Waals surface area (Å²) in [5.74, 6) is 1.77. The summed E-state index contributed by atoms with van der Waals surface area (Å²) in [5.41, 5.74) is 6.46. The van der Waals surface area contributed by atoms with Crippen molar-refractivity contribution in [1.82, 2.24) is 0 Å². The van der Waals surface area contributed by atoms with Gasteiger partial charge in [0.15, 0.2) is 0 Å². The van der Waals surface area contributed by atoms with Gasteiger partial charge < -0.3 is 5.73 Å². The smallest absolute Gasteiger partial charge is 0.137 e. The first-order valence-electron chi connectivity index (χ1n) is 6.41. The molecule has 1 aromatic rings. The van der Waals surface area contributed by atoms with Crippen molar-refractivity contribution in [3.05, 3.63) is 29.6 Å². The summed E-state index contributed by atoms with van der Waals surface area (Å²) < 4.78 is 13.8. The average Bonchev–Trinajstić information content (AvgIpc) is 2.81. The molecule has 0 spiro atoms. The summed E-state index contributed by atoms with van der Waals surface area (Å²) in [7, 11) is 0. The van der Waals surface area contributed by atoms with Gasteiger partial charge >= 0.3 is 0 Å². The third kappa shape index (κ3) is 3.71. The molecule has 1 saturated carbocycles. The quantitative estimate of drug-likeness (QED) is 0.811. The van der Waals surface area contributed by atoms with Gasteiger partial charge in [-0.05, 0) is 49.4 Å². The molecule has 0 amide bonds. The minimum Gasteiger partial charge on any atom is -0.330 e. The normalized spacial score (nSPS) is 16.6. The van der Waals surface area contributed by atoms with Crippen LogP contribution >= 0.6 is 11.8 Å². The van der Waals surface area contributed by atoms with Crippen LogP contribution in [0.1, 0.15) is 31.2 Å². The largest absolute Gasteiger partial charge is 0.330 e. The van der Waals surface area contributed by atoms with Gasteiger partial charge in [-0.25, -0.2) is 4.39 Å². The number of thioether (sulfide) groups is 1. The van der Waals surface area contributed by atoms with Crippen LogP contribution in [-0.4, -0.2) is 12.3 Å². The van der Waals surface area contributed by atoms with Crippen LogP contribution in [0.4, 0.5) is 4.39 Å². The van der Waals surface area contributed by atoms with Crippen molar-refractivity contribution in [3.63, 3.8) is 0 Å². The molecule has 1 nitrogen and oxygen atoms in total. The zero-order valence-corrected chi connectivity index (χ0v) is 10.9. The maximum atomic E-state index is 13.8. The Bertz CT molecular complexity index is 361. The van der Waals surface area contributed by atoms with Crippen molar-refractivity contribution in [1.29, 1.82) is 0 Å². The molecule has 2 N–H and O–H groups in total. The van der Waals surface area contributed by atoms with Crippen LogP contribution in [0.3, 0.4) is 0 Å². The minimum absolute atomic E-state index is 0.0843. The van der Waals surface area contributed by atoms with Crippen molar-refractivity contribution in [3.8, 4) is 0 Å². The van der Waals surface area contributed by atoms with Crippen LogP contribution in [0.5, 0.6) is 0 Å². The van der Waals surface area contributed by atoms with Gasteiger partial charge in [0.25, 0.3) is 0 Å². The van der Waals surface area contributed by atoms with E-state index in [1.165, 1.54) is 25.7 Å². The van der Waals surface area contributed by atoms with Crippen molar-refractivity contribution in [2.45, 2.75) is 37.0 Å². The average molecular weight is 253 g/mol. The van der Waals surface area contributed by atoms with E-state index >= 15 is 0 Å². The monoisotopic (exact) mass is 253 g/mol. The third-order valence-electron chi connectivity index (χ3n) is 3.38. The SMILES string of the molecule is NCCc1ccc(SCC2CCCC2)c(F)c1. The molecule has 0 radical (unpaired) electrons. The number of hydrogen-bond donors (Lipinski definition) is 1. The maximum absolute atomic E-state index is 13.8. The molecule has 0 atom stereocenters. The van der Waals surface area contributed by atoms with Crippen LogP contribution in [0.2, 0.25) is 0 Å². The first-order chi connectivity index (χ1) is 8.29. The molecule has 0 heterocycles. The van der Waals surface area contributed by atoms with E-state index in [0.29, 0.717) is 6.54 Å². The van der Waals surface area contributed by atoms with E-state index in [9.17, 15) is 4.39 Å². The van der Waals surface area contributed by atoms with E-state index in [0.717, 1.165) is 28.6 Å². The van der Waals surface area contributed by atoms with Crippen LogP contribution < -0.4 is 5.73 Å². The molecular weight excluding hydrogens is 233 g/mol. The van der Waals surface area contributed by atoms with Gasteiger partial charge in [-0.2, -0.15) is 0 Å². The molecule has 94 valence electrons. The second-order valence-electron chi connectivity index (χ2n) is 4.76. The fourth-order valence-electron chi connectivity index (χ4n) is 2.37. The number of benzene rings is 1. The summed E-state index contributed by atoms with van der Waals surface area (Å²) in [6, 6.07) is 5.52. The van der Waals surface area contributed by atoms with Crippen molar-refractivity contribution < 1.29 is 4.39 Å². The number of nitrogens with two attached hydrogens (primary N) is 1. The lowest BCUT2D eigenvalue weighted by molar-refractivity contribution is 0.596. The molecule has 1 aliphatic rings. The molecule has 17 heavy (non-hydrogen) atoms. The molecule has 1 fully saturated rings. The summed E-state index contributed by atoms with van der Waals surface area (Å²) >= 11 is 1.66. The standard InChI is InChI=1S/C14H20FNS/c15-13-9-11(7-8-16)5-6-14(13)17-10-12-3-1-2-4-12/h5-6,9,12H,1-4,7-8,10,16H2. The highest BCUT2D eigenvalue weighted by atomic mass is 32.2. The van der Waals surface area contributed by atoms with Crippen LogP contribution in [0.25, 0.3) is 0 Å². The molecule has 0 unspecified atom stereocenters. The van der Waals surface area contributed by atoms with Gasteiger partial charge in [0.2, 0.25) is 0 Å². The first-order valence-corrected chi connectivity index (χ1v) is 7.39. The summed E-state index contributed by atoms with van der Waals surface area (Å²) in [5, 5.41) is 0. The minimum atomic E-state index is -0.0843. The van der Waals surface area contributed by atoms with Gasteiger partial charge in [-0.3, -0.25) is 0 Å². The topological polar surface area (TPSA) is 26.0 Å². The predicted octanol–water partition coefficient (Wildman–Crippen LogP) is 3.61. The van der Waals surface area contributed by atoms with Gasteiger partial charge in [-0.1, -0.05) is 18.9 Å². The van der Waals surface area contributed by atoms with E-state index in [4.69, 9.17) is 5.73 Å². The highest BCUT2D eigenvalue weighted by Gasteiger charge is 2.15. The molecule has 1 aliphatic carbocycles. The first kappa shape index (κ1) is 12.9. The Morgan fingerprint density at radius 2 is 2.06 bits per heavy atom. The fraction of sp³-hybridized carbons (Fsp3) is 0.571. The highest BCUT2D eigenvalue weighted by Crippen LogP contribution is 2.32. The second-order valence-corrected chi connectivity index (χ2v) is 5.83. The Hall–Kier alpha value is -0.540. The van der Waals surface area contributed by atoms with Gasteiger partial charge in [-0.15, -0.1) is 11.8 Å². The summed E-state index contributed by atoms with van der Waals surface area (Å²) in [6.07, 6.45) is 6.09.